The normalized spacial score (nSPS) is 22.4. The van der Waals surface area contributed by atoms with Crippen LogP contribution in [0.3, 0.4) is 0 Å². The standard InChI is InChI=1S/C21H28BN3O6/c1-12(2)18(24-21(29)31-13-5-3-4-6-13)19(26)25-11-15(9-16(25)20(27)28)30-14-7-8-23-17(22)10-14/h7-8,10,12-13,15-16,18H,3-6,9,11H2,1-2H3,(H,24,29)(H,27,28)/t15-,16+,18?/m1/s1. The lowest BCUT2D eigenvalue weighted by Gasteiger charge is -2.29. The Hall–Kier alpha value is -2.78. The van der Waals surface area contributed by atoms with Crippen LogP contribution in [0.15, 0.2) is 18.3 Å². The molecule has 166 valence electrons. The lowest BCUT2D eigenvalue weighted by atomic mass is 10.0. The number of amides is 2. The first-order chi connectivity index (χ1) is 14.7. The number of carboxylic acid groups (broad SMARTS) is 1. The highest BCUT2D eigenvalue weighted by atomic mass is 16.6. The molecular weight excluding hydrogens is 401 g/mol. The molecule has 1 aliphatic carbocycles. The van der Waals surface area contributed by atoms with Crippen LogP contribution in [0.25, 0.3) is 0 Å². The van der Waals surface area contributed by atoms with Crippen LogP contribution in [0.1, 0.15) is 46.0 Å². The van der Waals surface area contributed by atoms with Crippen LogP contribution < -0.4 is 15.6 Å². The van der Waals surface area contributed by atoms with Gasteiger partial charge in [0.05, 0.1) is 6.54 Å². The molecule has 2 radical (unpaired) electrons. The second kappa shape index (κ2) is 10.0. The van der Waals surface area contributed by atoms with Gasteiger partial charge in [-0.15, -0.1) is 0 Å². The van der Waals surface area contributed by atoms with Crippen molar-refractivity contribution >= 4 is 31.4 Å². The van der Waals surface area contributed by atoms with E-state index in [0.29, 0.717) is 5.75 Å². The van der Waals surface area contributed by atoms with Crippen LogP contribution >= 0.6 is 0 Å². The van der Waals surface area contributed by atoms with Crippen molar-refractivity contribution < 1.29 is 29.0 Å². The number of nitrogens with one attached hydrogen (secondary N) is 1. The second-order valence-corrected chi connectivity index (χ2v) is 8.41. The third-order valence-electron chi connectivity index (χ3n) is 5.67. The molecule has 9 nitrogen and oxygen atoms in total. The van der Waals surface area contributed by atoms with Crippen molar-refractivity contribution in [2.75, 3.05) is 6.54 Å². The Balaban J connectivity index is 1.67. The molecule has 2 aliphatic rings. The van der Waals surface area contributed by atoms with Gasteiger partial charge in [-0.2, -0.15) is 0 Å². The molecular formula is C21H28BN3O6. The first kappa shape index (κ1) is 22.9. The van der Waals surface area contributed by atoms with Crippen molar-refractivity contribution in [3.05, 3.63) is 18.3 Å². The molecule has 3 atom stereocenters. The number of hydrogen-bond acceptors (Lipinski definition) is 6. The largest absolute Gasteiger partial charge is 0.488 e. The zero-order valence-corrected chi connectivity index (χ0v) is 17.8. The highest BCUT2D eigenvalue weighted by molar-refractivity contribution is 6.30. The summed E-state index contributed by atoms with van der Waals surface area (Å²) in [4.78, 5) is 42.5. The predicted molar refractivity (Wildman–Crippen MR) is 112 cm³/mol. The van der Waals surface area contributed by atoms with Gasteiger partial charge in [-0.3, -0.25) is 9.78 Å². The second-order valence-electron chi connectivity index (χ2n) is 8.41. The molecule has 0 bridgehead atoms. The lowest BCUT2D eigenvalue weighted by molar-refractivity contribution is -0.149. The average molecular weight is 429 g/mol. The van der Waals surface area contributed by atoms with Gasteiger partial charge in [0, 0.05) is 12.6 Å². The maximum atomic E-state index is 13.2. The van der Waals surface area contributed by atoms with E-state index in [9.17, 15) is 19.5 Å². The number of likely N-dealkylation sites (tertiary alicyclic amines) is 1. The smallest absolute Gasteiger partial charge is 0.408 e. The molecule has 2 N–H and O–H groups in total. The highest BCUT2D eigenvalue weighted by Gasteiger charge is 2.44. The van der Waals surface area contributed by atoms with E-state index in [1.54, 1.807) is 19.9 Å². The number of aromatic nitrogens is 1. The van der Waals surface area contributed by atoms with Gasteiger partial charge in [-0.05, 0) is 49.3 Å². The Morgan fingerprint density at radius 3 is 2.58 bits per heavy atom. The molecule has 1 saturated carbocycles. The van der Waals surface area contributed by atoms with Crippen molar-refractivity contribution in [3.8, 4) is 5.75 Å². The fourth-order valence-electron chi connectivity index (χ4n) is 4.06. The van der Waals surface area contributed by atoms with E-state index in [1.807, 2.05) is 0 Å². The molecule has 2 heterocycles. The Morgan fingerprint density at radius 2 is 1.97 bits per heavy atom. The molecule has 2 amide bonds. The summed E-state index contributed by atoms with van der Waals surface area (Å²) in [6.07, 6.45) is 3.99. The molecule has 1 saturated heterocycles. The molecule has 1 aromatic rings. The minimum Gasteiger partial charge on any atom is -0.488 e. The maximum Gasteiger partial charge on any atom is 0.408 e. The van der Waals surface area contributed by atoms with E-state index in [0.717, 1.165) is 25.7 Å². The van der Waals surface area contributed by atoms with E-state index in [4.69, 9.17) is 17.3 Å². The maximum absolute atomic E-state index is 13.2. The van der Waals surface area contributed by atoms with Crippen LogP contribution in [0.5, 0.6) is 5.75 Å². The zero-order chi connectivity index (χ0) is 22.5. The van der Waals surface area contributed by atoms with E-state index in [2.05, 4.69) is 10.3 Å². The van der Waals surface area contributed by atoms with Gasteiger partial charge in [0.1, 0.15) is 37.9 Å². The number of nitrogens with zero attached hydrogens (tertiary/aromatic N) is 2. The number of pyridine rings is 1. The Kier molecular flexibility index (Phi) is 7.40. The summed E-state index contributed by atoms with van der Waals surface area (Å²) in [5, 5.41) is 12.3. The average Bonchev–Trinajstić information content (AvgIpc) is 3.35. The minimum atomic E-state index is -1.12. The quantitative estimate of drug-likeness (QED) is 0.621. The number of aliphatic carboxylic acids is 1. The van der Waals surface area contributed by atoms with Gasteiger partial charge in [0.25, 0.3) is 0 Å². The Labute approximate surface area is 182 Å². The van der Waals surface area contributed by atoms with Gasteiger partial charge >= 0.3 is 12.1 Å². The van der Waals surface area contributed by atoms with Crippen molar-refractivity contribution in [1.29, 1.82) is 0 Å². The Morgan fingerprint density at radius 1 is 1.26 bits per heavy atom. The van der Waals surface area contributed by atoms with Crippen molar-refractivity contribution in [2.45, 2.75) is 70.2 Å². The number of alkyl carbamates (subject to hydrolysis) is 1. The van der Waals surface area contributed by atoms with Crippen molar-refractivity contribution in [3.63, 3.8) is 0 Å². The summed E-state index contributed by atoms with van der Waals surface area (Å²) in [6.45, 7) is 3.66. The predicted octanol–water partition coefficient (Wildman–Crippen LogP) is 1.00. The summed E-state index contributed by atoms with van der Waals surface area (Å²) in [7, 11) is 5.66. The summed E-state index contributed by atoms with van der Waals surface area (Å²) < 4.78 is 11.2. The lowest BCUT2D eigenvalue weighted by Crippen LogP contribution is -2.54. The van der Waals surface area contributed by atoms with Gasteiger partial charge in [0.2, 0.25) is 5.91 Å². The molecule has 31 heavy (non-hydrogen) atoms. The molecule has 1 unspecified atom stereocenters. The van der Waals surface area contributed by atoms with E-state index >= 15 is 0 Å². The van der Waals surface area contributed by atoms with Gasteiger partial charge in [-0.25, -0.2) is 9.59 Å². The summed E-state index contributed by atoms with van der Waals surface area (Å²) in [5.41, 5.74) is 0.281. The number of carboxylic acids is 1. The zero-order valence-electron chi connectivity index (χ0n) is 17.8. The number of ether oxygens (including phenoxy) is 2. The molecule has 1 aromatic heterocycles. The fraction of sp³-hybridized carbons (Fsp3) is 0.619. The molecule has 10 heteroatoms. The van der Waals surface area contributed by atoms with Crippen LogP contribution in [-0.2, 0) is 14.3 Å². The van der Waals surface area contributed by atoms with Gasteiger partial charge in [0.15, 0.2) is 0 Å². The molecule has 1 aliphatic heterocycles. The first-order valence-electron chi connectivity index (χ1n) is 10.6. The van der Waals surface area contributed by atoms with E-state index in [1.165, 1.54) is 17.2 Å². The third kappa shape index (κ3) is 5.89. The van der Waals surface area contributed by atoms with Crippen LogP contribution in [0.2, 0.25) is 0 Å². The van der Waals surface area contributed by atoms with Crippen molar-refractivity contribution in [2.24, 2.45) is 5.92 Å². The molecule has 3 rings (SSSR count). The first-order valence-corrected chi connectivity index (χ1v) is 10.6. The highest BCUT2D eigenvalue weighted by Crippen LogP contribution is 2.25. The minimum absolute atomic E-state index is 0.0839. The number of carbonyl (C=O) groups is 3. The number of rotatable bonds is 7. The van der Waals surface area contributed by atoms with Crippen LogP contribution in [0.4, 0.5) is 4.79 Å². The summed E-state index contributed by atoms with van der Waals surface area (Å²) >= 11 is 0. The monoisotopic (exact) mass is 429 g/mol. The van der Waals surface area contributed by atoms with Gasteiger partial charge < -0.3 is 24.8 Å². The van der Waals surface area contributed by atoms with Crippen LogP contribution in [-0.4, -0.2) is 71.6 Å². The Bertz CT molecular complexity index is 814. The fourth-order valence-corrected chi connectivity index (χ4v) is 4.06. The number of carbonyl (C=O) groups excluding carboxylic acids is 2. The molecule has 2 fully saturated rings. The molecule has 0 spiro atoms. The SMILES string of the molecule is [B]c1cc(O[C@@H]2C[C@@H](C(=O)O)N(C(=O)C(NC(=O)OC3CCCC3)C(C)C)C2)ccn1. The van der Waals surface area contributed by atoms with E-state index < -0.39 is 36.2 Å². The van der Waals surface area contributed by atoms with Gasteiger partial charge in [-0.1, -0.05) is 13.8 Å². The number of hydrogen-bond donors (Lipinski definition) is 2. The third-order valence-corrected chi connectivity index (χ3v) is 5.67. The summed E-state index contributed by atoms with van der Waals surface area (Å²) in [5.74, 6) is -1.39. The van der Waals surface area contributed by atoms with E-state index in [-0.39, 0.29) is 30.6 Å². The topological polar surface area (TPSA) is 118 Å². The molecule has 0 aromatic carbocycles. The summed E-state index contributed by atoms with van der Waals surface area (Å²) in [6, 6.07) is 1.21. The van der Waals surface area contributed by atoms with Crippen molar-refractivity contribution in [1.82, 2.24) is 15.2 Å². The van der Waals surface area contributed by atoms with Crippen LogP contribution in [0, 0.1) is 5.92 Å².